The zero-order valence-corrected chi connectivity index (χ0v) is 12.0. The summed E-state index contributed by atoms with van der Waals surface area (Å²) in [7, 11) is 0. The molecule has 1 aliphatic carbocycles. The fraction of sp³-hybridized carbons (Fsp3) is 0.600. The third-order valence-corrected chi connectivity index (χ3v) is 3.99. The molecular formula is C15H20N2O3. The van der Waals surface area contributed by atoms with Gasteiger partial charge in [-0.1, -0.05) is 0 Å². The van der Waals surface area contributed by atoms with Crippen molar-refractivity contribution in [1.82, 2.24) is 4.98 Å². The number of carboxylic acid groups (broad SMARTS) is 1. The number of nitrogens with zero attached hydrogens (tertiary/aromatic N) is 2. The molecule has 0 aromatic carbocycles. The molecule has 0 radical (unpaired) electrons. The highest BCUT2D eigenvalue weighted by atomic mass is 16.5. The minimum Gasteiger partial charge on any atom is -0.478 e. The van der Waals surface area contributed by atoms with E-state index in [0.29, 0.717) is 31.1 Å². The van der Waals surface area contributed by atoms with E-state index in [0.717, 1.165) is 30.5 Å². The van der Waals surface area contributed by atoms with E-state index in [1.54, 1.807) is 0 Å². The molecule has 2 heterocycles. The van der Waals surface area contributed by atoms with Crippen molar-refractivity contribution in [3.8, 4) is 0 Å². The number of aryl methyl sites for hydroxylation is 2. The van der Waals surface area contributed by atoms with E-state index in [1.165, 1.54) is 0 Å². The van der Waals surface area contributed by atoms with Gasteiger partial charge in [0, 0.05) is 18.8 Å². The van der Waals surface area contributed by atoms with Gasteiger partial charge in [-0.3, -0.25) is 0 Å². The molecule has 0 bridgehead atoms. The SMILES string of the molecule is CC1(C)CN(c2nc3c(cc2C(=O)O)CCC3)CCO1. The highest BCUT2D eigenvalue weighted by molar-refractivity contribution is 5.93. The lowest BCUT2D eigenvalue weighted by Gasteiger charge is -2.39. The normalized spacial score (nSPS) is 20.8. The van der Waals surface area contributed by atoms with Gasteiger partial charge >= 0.3 is 5.97 Å². The van der Waals surface area contributed by atoms with Crippen LogP contribution in [0.5, 0.6) is 0 Å². The van der Waals surface area contributed by atoms with Crippen LogP contribution in [-0.4, -0.2) is 41.4 Å². The van der Waals surface area contributed by atoms with E-state index in [2.05, 4.69) is 4.98 Å². The van der Waals surface area contributed by atoms with Gasteiger partial charge in [-0.2, -0.15) is 0 Å². The summed E-state index contributed by atoms with van der Waals surface area (Å²) < 4.78 is 5.69. The van der Waals surface area contributed by atoms with E-state index >= 15 is 0 Å². The molecule has 1 aromatic heterocycles. The zero-order chi connectivity index (χ0) is 14.3. The molecule has 1 aliphatic heterocycles. The number of hydrogen-bond donors (Lipinski definition) is 1. The number of anilines is 1. The van der Waals surface area contributed by atoms with Gasteiger partial charge in [0.1, 0.15) is 11.4 Å². The Labute approximate surface area is 118 Å². The first kappa shape index (κ1) is 13.4. The molecule has 3 rings (SSSR count). The molecule has 0 saturated carbocycles. The van der Waals surface area contributed by atoms with Crippen molar-refractivity contribution in [3.05, 3.63) is 22.9 Å². The molecule has 1 N–H and O–H groups in total. The van der Waals surface area contributed by atoms with Crippen molar-refractivity contribution in [1.29, 1.82) is 0 Å². The minimum absolute atomic E-state index is 0.269. The molecule has 0 unspecified atom stereocenters. The van der Waals surface area contributed by atoms with Crippen molar-refractivity contribution in [2.24, 2.45) is 0 Å². The van der Waals surface area contributed by atoms with E-state index < -0.39 is 5.97 Å². The maximum Gasteiger partial charge on any atom is 0.339 e. The summed E-state index contributed by atoms with van der Waals surface area (Å²) in [5.41, 5.74) is 2.21. The van der Waals surface area contributed by atoms with Crippen molar-refractivity contribution < 1.29 is 14.6 Å². The zero-order valence-electron chi connectivity index (χ0n) is 12.0. The smallest absolute Gasteiger partial charge is 0.339 e. The van der Waals surface area contributed by atoms with Gasteiger partial charge in [-0.05, 0) is 44.7 Å². The first-order valence-electron chi connectivity index (χ1n) is 7.11. The van der Waals surface area contributed by atoms with Gasteiger partial charge in [0.2, 0.25) is 0 Å². The number of aromatic nitrogens is 1. The number of fused-ring (bicyclic) bond motifs is 1. The highest BCUT2D eigenvalue weighted by Gasteiger charge is 2.31. The van der Waals surface area contributed by atoms with Crippen LogP contribution in [0.1, 0.15) is 41.9 Å². The maximum atomic E-state index is 11.5. The Hall–Kier alpha value is -1.62. The number of ether oxygens (including phenoxy) is 1. The van der Waals surface area contributed by atoms with Crippen LogP contribution in [0.2, 0.25) is 0 Å². The molecule has 5 nitrogen and oxygen atoms in total. The fourth-order valence-electron chi connectivity index (χ4n) is 3.06. The molecule has 1 aromatic rings. The van der Waals surface area contributed by atoms with Crippen molar-refractivity contribution in [3.63, 3.8) is 0 Å². The number of carboxylic acids is 1. The number of morpholine rings is 1. The molecule has 1 saturated heterocycles. The van der Waals surface area contributed by atoms with Gasteiger partial charge in [0.15, 0.2) is 0 Å². The Morgan fingerprint density at radius 3 is 2.95 bits per heavy atom. The van der Waals surface area contributed by atoms with Crippen LogP contribution >= 0.6 is 0 Å². The molecular weight excluding hydrogens is 256 g/mol. The van der Waals surface area contributed by atoms with Crippen LogP contribution in [0.15, 0.2) is 6.07 Å². The molecule has 0 atom stereocenters. The monoisotopic (exact) mass is 276 g/mol. The van der Waals surface area contributed by atoms with Gasteiger partial charge < -0.3 is 14.7 Å². The second-order valence-corrected chi connectivity index (χ2v) is 6.15. The summed E-state index contributed by atoms with van der Waals surface area (Å²) in [5.74, 6) is -0.291. The molecule has 108 valence electrons. The summed E-state index contributed by atoms with van der Waals surface area (Å²) in [6, 6.07) is 1.81. The van der Waals surface area contributed by atoms with E-state index in [9.17, 15) is 9.90 Å². The lowest BCUT2D eigenvalue weighted by atomic mass is 10.1. The Kier molecular flexibility index (Phi) is 3.17. The molecule has 0 amide bonds. The standard InChI is InChI=1S/C15H20N2O3/c1-15(2)9-17(6-7-20-15)13-11(14(18)19)8-10-4-3-5-12(10)16-13/h8H,3-7,9H2,1-2H3,(H,18,19). The minimum atomic E-state index is -0.897. The Balaban J connectivity index is 2.01. The van der Waals surface area contributed by atoms with Gasteiger partial charge in [-0.25, -0.2) is 9.78 Å². The van der Waals surface area contributed by atoms with Crippen LogP contribution in [-0.2, 0) is 17.6 Å². The second kappa shape index (κ2) is 4.74. The summed E-state index contributed by atoms with van der Waals surface area (Å²) in [4.78, 5) is 18.2. The lowest BCUT2D eigenvalue weighted by Crippen LogP contribution is -2.49. The maximum absolute atomic E-state index is 11.5. The quantitative estimate of drug-likeness (QED) is 0.893. The molecule has 20 heavy (non-hydrogen) atoms. The highest BCUT2D eigenvalue weighted by Crippen LogP contribution is 2.30. The fourth-order valence-corrected chi connectivity index (χ4v) is 3.06. The van der Waals surface area contributed by atoms with E-state index in [-0.39, 0.29) is 5.60 Å². The van der Waals surface area contributed by atoms with E-state index in [1.807, 2.05) is 24.8 Å². The number of carbonyl (C=O) groups is 1. The summed E-state index contributed by atoms with van der Waals surface area (Å²) >= 11 is 0. The van der Waals surface area contributed by atoms with Crippen LogP contribution in [0.3, 0.4) is 0 Å². The van der Waals surface area contributed by atoms with Crippen LogP contribution < -0.4 is 4.90 Å². The average Bonchev–Trinajstić information content (AvgIpc) is 2.83. The Bertz CT molecular complexity index is 554. The molecule has 1 fully saturated rings. The number of rotatable bonds is 2. The molecule has 2 aliphatic rings. The van der Waals surface area contributed by atoms with Crippen molar-refractivity contribution >= 4 is 11.8 Å². The largest absolute Gasteiger partial charge is 0.478 e. The topological polar surface area (TPSA) is 62.7 Å². The predicted molar refractivity (Wildman–Crippen MR) is 75.5 cm³/mol. The van der Waals surface area contributed by atoms with Crippen molar-refractivity contribution in [2.75, 3.05) is 24.6 Å². The predicted octanol–water partition coefficient (Wildman–Crippen LogP) is 1.88. The average molecular weight is 276 g/mol. The molecule has 5 heteroatoms. The van der Waals surface area contributed by atoms with E-state index in [4.69, 9.17) is 4.74 Å². The first-order valence-corrected chi connectivity index (χ1v) is 7.11. The number of aromatic carboxylic acids is 1. The summed E-state index contributed by atoms with van der Waals surface area (Å²) in [5, 5.41) is 9.46. The van der Waals surface area contributed by atoms with Crippen LogP contribution in [0, 0.1) is 0 Å². The first-order chi connectivity index (χ1) is 9.46. The second-order valence-electron chi connectivity index (χ2n) is 6.15. The molecule has 0 spiro atoms. The Morgan fingerprint density at radius 2 is 2.25 bits per heavy atom. The van der Waals surface area contributed by atoms with Gasteiger partial charge in [0.05, 0.1) is 12.2 Å². The Morgan fingerprint density at radius 1 is 1.45 bits per heavy atom. The number of hydrogen-bond acceptors (Lipinski definition) is 4. The van der Waals surface area contributed by atoms with Gasteiger partial charge in [-0.15, -0.1) is 0 Å². The lowest BCUT2D eigenvalue weighted by molar-refractivity contribution is -0.0280. The summed E-state index contributed by atoms with van der Waals surface area (Å²) in [6.45, 7) is 6.00. The van der Waals surface area contributed by atoms with Crippen molar-refractivity contribution in [2.45, 2.75) is 38.7 Å². The third kappa shape index (κ3) is 2.38. The number of pyridine rings is 1. The van der Waals surface area contributed by atoms with Gasteiger partial charge in [0.25, 0.3) is 0 Å². The van der Waals surface area contributed by atoms with Crippen LogP contribution in [0.25, 0.3) is 0 Å². The van der Waals surface area contributed by atoms with Crippen LogP contribution in [0.4, 0.5) is 5.82 Å². The third-order valence-electron chi connectivity index (χ3n) is 3.99. The summed E-state index contributed by atoms with van der Waals surface area (Å²) in [6.07, 6.45) is 2.97.